The van der Waals surface area contributed by atoms with Gasteiger partial charge in [0.25, 0.3) is 0 Å². The predicted molar refractivity (Wildman–Crippen MR) is 57.2 cm³/mol. The highest BCUT2D eigenvalue weighted by Crippen LogP contribution is 2.33. The van der Waals surface area contributed by atoms with Gasteiger partial charge >= 0.3 is 0 Å². The van der Waals surface area contributed by atoms with Crippen LogP contribution in [-0.4, -0.2) is 6.21 Å². The molecular weight excluding hydrogens is 196 g/mol. The van der Waals surface area contributed by atoms with E-state index in [0.717, 1.165) is 34.7 Å². The van der Waals surface area contributed by atoms with Crippen molar-refractivity contribution in [3.8, 4) is 6.07 Å². The molecule has 0 spiro atoms. The molecule has 3 heteroatoms. The SMILES string of the molecule is N#CCc1ccc2c(c1Cl)CCC=N2. The fourth-order valence-corrected chi connectivity index (χ4v) is 1.93. The molecule has 2 rings (SSSR count). The van der Waals surface area contributed by atoms with Crippen LogP contribution in [0.5, 0.6) is 0 Å². The van der Waals surface area contributed by atoms with Crippen LogP contribution in [0, 0.1) is 11.3 Å². The molecule has 1 heterocycles. The lowest BCUT2D eigenvalue weighted by Gasteiger charge is -2.13. The zero-order valence-electron chi connectivity index (χ0n) is 7.63. The van der Waals surface area contributed by atoms with Crippen LogP contribution in [-0.2, 0) is 12.8 Å². The topological polar surface area (TPSA) is 36.1 Å². The van der Waals surface area contributed by atoms with Crippen molar-refractivity contribution in [1.82, 2.24) is 0 Å². The van der Waals surface area contributed by atoms with Crippen LogP contribution in [0.1, 0.15) is 17.5 Å². The maximum Gasteiger partial charge on any atom is 0.0672 e. The Labute approximate surface area is 87.8 Å². The minimum Gasteiger partial charge on any atom is -0.261 e. The Hall–Kier alpha value is -1.33. The zero-order valence-corrected chi connectivity index (χ0v) is 8.38. The molecule has 0 amide bonds. The molecule has 0 fully saturated rings. The second-order valence-corrected chi connectivity index (χ2v) is 3.60. The fraction of sp³-hybridized carbons (Fsp3) is 0.273. The molecule has 1 aromatic carbocycles. The van der Waals surface area contributed by atoms with Crippen LogP contribution in [0.3, 0.4) is 0 Å². The fourth-order valence-electron chi connectivity index (χ4n) is 1.61. The molecule has 70 valence electrons. The van der Waals surface area contributed by atoms with Crippen LogP contribution >= 0.6 is 11.6 Å². The minimum atomic E-state index is 0.371. The molecule has 0 aliphatic carbocycles. The molecule has 0 bridgehead atoms. The summed E-state index contributed by atoms with van der Waals surface area (Å²) < 4.78 is 0. The molecule has 2 nitrogen and oxygen atoms in total. The van der Waals surface area contributed by atoms with Crippen molar-refractivity contribution in [1.29, 1.82) is 5.26 Å². The average Bonchev–Trinajstić information content (AvgIpc) is 2.23. The maximum atomic E-state index is 8.61. The summed E-state index contributed by atoms with van der Waals surface area (Å²) in [7, 11) is 0. The third-order valence-corrected chi connectivity index (χ3v) is 2.79. The maximum absolute atomic E-state index is 8.61. The summed E-state index contributed by atoms with van der Waals surface area (Å²) in [4.78, 5) is 4.26. The van der Waals surface area contributed by atoms with Crippen molar-refractivity contribution < 1.29 is 0 Å². The molecule has 0 unspecified atom stereocenters. The highest BCUT2D eigenvalue weighted by molar-refractivity contribution is 6.32. The molecule has 0 atom stereocenters. The van der Waals surface area contributed by atoms with Crippen molar-refractivity contribution >= 4 is 23.5 Å². The molecule has 1 aliphatic rings. The van der Waals surface area contributed by atoms with E-state index >= 15 is 0 Å². The van der Waals surface area contributed by atoms with Crippen molar-refractivity contribution in [2.24, 2.45) is 4.99 Å². The van der Waals surface area contributed by atoms with E-state index in [1.165, 1.54) is 0 Å². The molecule has 14 heavy (non-hydrogen) atoms. The number of nitrogens with zero attached hydrogens (tertiary/aromatic N) is 2. The third-order valence-electron chi connectivity index (χ3n) is 2.32. The first-order valence-corrected chi connectivity index (χ1v) is 4.90. The van der Waals surface area contributed by atoms with Gasteiger partial charge in [0.15, 0.2) is 0 Å². The summed E-state index contributed by atoms with van der Waals surface area (Å²) in [6.45, 7) is 0. The molecule has 1 aliphatic heterocycles. The van der Waals surface area contributed by atoms with Crippen LogP contribution < -0.4 is 0 Å². The summed E-state index contributed by atoms with van der Waals surface area (Å²) in [6.07, 6.45) is 4.14. The van der Waals surface area contributed by atoms with E-state index in [2.05, 4.69) is 11.1 Å². The summed E-state index contributed by atoms with van der Waals surface area (Å²) in [6, 6.07) is 5.92. The van der Waals surface area contributed by atoms with Crippen molar-refractivity contribution in [2.45, 2.75) is 19.3 Å². The van der Waals surface area contributed by atoms with E-state index in [-0.39, 0.29) is 0 Å². The molecule has 0 radical (unpaired) electrons. The number of aliphatic imine (C=N–C) groups is 1. The summed E-state index contributed by atoms with van der Waals surface area (Å²) in [5.41, 5.74) is 2.94. The first-order valence-electron chi connectivity index (χ1n) is 4.52. The van der Waals surface area contributed by atoms with Crippen molar-refractivity contribution in [3.63, 3.8) is 0 Å². The zero-order chi connectivity index (χ0) is 9.97. The van der Waals surface area contributed by atoms with Gasteiger partial charge in [-0.1, -0.05) is 17.7 Å². The Morgan fingerprint density at radius 1 is 1.50 bits per heavy atom. The number of benzene rings is 1. The lowest BCUT2D eigenvalue weighted by molar-refractivity contribution is 1.02. The molecule has 0 saturated carbocycles. The van der Waals surface area contributed by atoms with Gasteiger partial charge < -0.3 is 0 Å². The number of nitriles is 1. The van der Waals surface area contributed by atoms with Crippen LogP contribution in [0.25, 0.3) is 0 Å². The Morgan fingerprint density at radius 2 is 2.36 bits per heavy atom. The van der Waals surface area contributed by atoms with E-state index in [4.69, 9.17) is 16.9 Å². The van der Waals surface area contributed by atoms with Gasteiger partial charge in [-0.3, -0.25) is 4.99 Å². The second-order valence-electron chi connectivity index (χ2n) is 3.22. The molecular formula is C11H9ClN2. The van der Waals surface area contributed by atoms with E-state index in [1.807, 2.05) is 18.3 Å². The first-order chi connectivity index (χ1) is 6.83. The Kier molecular flexibility index (Phi) is 2.51. The van der Waals surface area contributed by atoms with Gasteiger partial charge in [-0.15, -0.1) is 0 Å². The third kappa shape index (κ3) is 1.51. The smallest absolute Gasteiger partial charge is 0.0672 e. The lowest BCUT2D eigenvalue weighted by atomic mass is 10.0. The van der Waals surface area contributed by atoms with E-state index in [9.17, 15) is 0 Å². The van der Waals surface area contributed by atoms with Crippen molar-refractivity contribution in [2.75, 3.05) is 0 Å². The second kappa shape index (κ2) is 3.81. The monoisotopic (exact) mass is 204 g/mol. The molecule has 0 N–H and O–H groups in total. The Balaban J connectivity index is 2.51. The number of fused-ring (bicyclic) bond motifs is 1. The molecule has 0 saturated heterocycles. The van der Waals surface area contributed by atoms with Gasteiger partial charge in [0.2, 0.25) is 0 Å². The van der Waals surface area contributed by atoms with Gasteiger partial charge in [-0.05, 0) is 30.0 Å². The van der Waals surface area contributed by atoms with E-state index < -0.39 is 0 Å². The van der Waals surface area contributed by atoms with Gasteiger partial charge in [-0.2, -0.15) is 5.26 Å². The Morgan fingerprint density at radius 3 is 3.14 bits per heavy atom. The number of halogens is 1. The highest BCUT2D eigenvalue weighted by atomic mass is 35.5. The summed E-state index contributed by atoms with van der Waals surface area (Å²) in [5, 5.41) is 9.33. The van der Waals surface area contributed by atoms with E-state index in [0.29, 0.717) is 6.42 Å². The standard InChI is InChI=1S/C11H9ClN2/c12-11-8(5-6-13)3-4-10-9(11)2-1-7-14-10/h3-4,7H,1-2,5H2. The van der Waals surface area contributed by atoms with Crippen molar-refractivity contribution in [3.05, 3.63) is 28.3 Å². The molecule has 0 aromatic heterocycles. The normalized spacial score (nSPS) is 13.4. The van der Waals surface area contributed by atoms with Gasteiger partial charge in [0, 0.05) is 6.21 Å². The van der Waals surface area contributed by atoms with Crippen LogP contribution in [0.15, 0.2) is 17.1 Å². The summed E-state index contributed by atoms with van der Waals surface area (Å²) in [5.74, 6) is 0. The van der Waals surface area contributed by atoms with Crippen LogP contribution in [0.4, 0.5) is 5.69 Å². The number of rotatable bonds is 1. The number of hydrogen-bond donors (Lipinski definition) is 0. The Bertz CT molecular complexity index is 430. The molecule has 1 aromatic rings. The average molecular weight is 205 g/mol. The predicted octanol–water partition coefficient (Wildman–Crippen LogP) is 3.05. The lowest BCUT2D eigenvalue weighted by Crippen LogP contribution is -1.97. The van der Waals surface area contributed by atoms with Gasteiger partial charge in [0.1, 0.15) is 0 Å². The quantitative estimate of drug-likeness (QED) is 0.693. The largest absolute Gasteiger partial charge is 0.261 e. The van der Waals surface area contributed by atoms with Crippen LogP contribution in [0.2, 0.25) is 5.02 Å². The van der Waals surface area contributed by atoms with Gasteiger partial charge in [0.05, 0.1) is 23.2 Å². The summed E-state index contributed by atoms with van der Waals surface area (Å²) >= 11 is 6.18. The minimum absolute atomic E-state index is 0.371. The number of hydrogen-bond acceptors (Lipinski definition) is 2. The first kappa shape index (κ1) is 9.23. The van der Waals surface area contributed by atoms with Gasteiger partial charge in [-0.25, -0.2) is 0 Å². The highest BCUT2D eigenvalue weighted by Gasteiger charge is 2.12. The van der Waals surface area contributed by atoms with E-state index in [1.54, 1.807) is 0 Å².